The lowest BCUT2D eigenvalue weighted by molar-refractivity contribution is 0.479. The molecule has 1 fully saturated rings. The van der Waals surface area contributed by atoms with Gasteiger partial charge < -0.3 is 10.6 Å². The molecule has 0 spiro atoms. The summed E-state index contributed by atoms with van der Waals surface area (Å²) in [7, 11) is 0. The summed E-state index contributed by atoms with van der Waals surface area (Å²) in [5.41, 5.74) is 2.68. The summed E-state index contributed by atoms with van der Waals surface area (Å²) >= 11 is 0. The van der Waals surface area contributed by atoms with Crippen LogP contribution in [-0.4, -0.2) is 29.1 Å². The molecule has 2 aromatic carbocycles. The largest absolute Gasteiger partial charge is 0.366 e. The molecule has 4 rings (SSSR count). The van der Waals surface area contributed by atoms with Crippen LogP contribution < -0.4 is 10.6 Å². The normalized spacial score (nSPS) is 17.0. The Labute approximate surface area is 152 Å². The van der Waals surface area contributed by atoms with Crippen LogP contribution in [0.4, 0.5) is 10.2 Å². The first-order valence-corrected chi connectivity index (χ1v) is 8.96. The third-order valence-corrected chi connectivity index (χ3v) is 4.55. The molecule has 1 aliphatic heterocycles. The van der Waals surface area contributed by atoms with Crippen molar-refractivity contribution in [3.05, 3.63) is 66.5 Å². The van der Waals surface area contributed by atoms with E-state index in [1.165, 1.54) is 12.1 Å². The topological polar surface area (TPSA) is 49.8 Å². The molecule has 1 atom stereocenters. The van der Waals surface area contributed by atoms with Gasteiger partial charge in [0.05, 0.1) is 5.69 Å². The fourth-order valence-electron chi connectivity index (χ4n) is 3.19. The highest BCUT2D eigenvalue weighted by Crippen LogP contribution is 2.25. The Morgan fingerprint density at radius 2 is 1.77 bits per heavy atom. The van der Waals surface area contributed by atoms with Gasteiger partial charge in [-0.1, -0.05) is 30.3 Å². The van der Waals surface area contributed by atoms with Gasteiger partial charge in [0, 0.05) is 29.8 Å². The molecule has 4 nitrogen and oxygen atoms in total. The Morgan fingerprint density at radius 3 is 2.50 bits per heavy atom. The number of hydrogen-bond acceptors (Lipinski definition) is 4. The monoisotopic (exact) mass is 348 g/mol. The van der Waals surface area contributed by atoms with E-state index in [1.807, 2.05) is 36.4 Å². The Balaban J connectivity index is 1.72. The molecule has 0 aliphatic carbocycles. The van der Waals surface area contributed by atoms with E-state index >= 15 is 0 Å². The Morgan fingerprint density at radius 1 is 0.962 bits per heavy atom. The summed E-state index contributed by atoms with van der Waals surface area (Å²) in [6.45, 7) is 1.99. The van der Waals surface area contributed by atoms with Crippen molar-refractivity contribution in [3.63, 3.8) is 0 Å². The number of halogens is 1. The summed E-state index contributed by atoms with van der Waals surface area (Å²) in [6, 6.07) is 18.7. The van der Waals surface area contributed by atoms with Crippen LogP contribution in [0.15, 0.2) is 60.7 Å². The number of nitrogens with one attached hydrogen (secondary N) is 2. The minimum Gasteiger partial charge on any atom is -0.366 e. The molecule has 2 N–H and O–H groups in total. The van der Waals surface area contributed by atoms with Gasteiger partial charge in [-0.05, 0) is 43.7 Å². The number of nitrogens with zero attached hydrogens (tertiary/aromatic N) is 2. The third kappa shape index (κ3) is 3.89. The standard InChI is InChI=1S/C21H21FN4/c22-17-10-8-16(9-11-17)21-25-19(15-5-2-1-3-6-15)13-20(26-21)24-18-7-4-12-23-14-18/h1-3,5-6,8-11,13,18,23H,4,7,12,14H2,(H,24,25,26). The van der Waals surface area contributed by atoms with Gasteiger partial charge in [0.2, 0.25) is 0 Å². The van der Waals surface area contributed by atoms with Crippen LogP contribution in [0.3, 0.4) is 0 Å². The van der Waals surface area contributed by atoms with E-state index in [9.17, 15) is 4.39 Å². The number of rotatable bonds is 4. The number of piperidine rings is 1. The van der Waals surface area contributed by atoms with Crippen molar-refractivity contribution in [1.29, 1.82) is 0 Å². The fourth-order valence-corrected chi connectivity index (χ4v) is 3.19. The van der Waals surface area contributed by atoms with Gasteiger partial charge in [0.25, 0.3) is 0 Å². The summed E-state index contributed by atoms with van der Waals surface area (Å²) < 4.78 is 13.3. The molecule has 1 aromatic heterocycles. The number of aromatic nitrogens is 2. The molecular weight excluding hydrogens is 327 g/mol. The molecule has 1 aliphatic rings. The van der Waals surface area contributed by atoms with Gasteiger partial charge in [0.15, 0.2) is 5.82 Å². The highest BCUT2D eigenvalue weighted by Gasteiger charge is 2.15. The predicted molar refractivity (Wildman–Crippen MR) is 102 cm³/mol. The lowest BCUT2D eigenvalue weighted by Crippen LogP contribution is -2.38. The first-order valence-electron chi connectivity index (χ1n) is 8.96. The highest BCUT2D eigenvalue weighted by molar-refractivity contribution is 5.67. The molecule has 3 aromatic rings. The fraction of sp³-hybridized carbons (Fsp3) is 0.238. The molecule has 0 amide bonds. The Hall–Kier alpha value is -2.79. The minimum absolute atomic E-state index is 0.264. The zero-order chi connectivity index (χ0) is 17.8. The van der Waals surface area contributed by atoms with E-state index in [1.54, 1.807) is 12.1 Å². The van der Waals surface area contributed by atoms with Crippen molar-refractivity contribution in [2.24, 2.45) is 0 Å². The number of hydrogen-bond donors (Lipinski definition) is 2. The first kappa shape index (κ1) is 16.7. The van der Waals surface area contributed by atoms with Crippen LogP contribution >= 0.6 is 0 Å². The van der Waals surface area contributed by atoms with E-state index in [-0.39, 0.29) is 5.82 Å². The SMILES string of the molecule is Fc1ccc(-c2nc(NC3CCCNC3)cc(-c3ccccc3)n2)cc1. The molecule has 0 saturated carbocycles. The van der Waals surface area contributed by atoms with Gasteiger partial charge in [-0.2, -0.15) is 0 Å². The van der Waals surface area contributed by atoms with Crippen molar-refractivity contribution in [2.45, 2.75) is 18.9 Å². The van der Waals surface area contributed by atoms with Crippen LogP contribution in [0, 0.1) is 5.82 Å². The smallest absolute Gasteiger partial charge is 0.162 e. The molecular formula is C21H21FN4. The summed E-state index contributed by atoms with van der Waals surface area (Å²) in [6.07, 6.45) is 2.27. The van der Waals surface area contributed by atoms with Gasteiger partial charge >= 0.3 is 0 Å². The zero-order valence-electron chi connectivity index (χ0n) is 14.5. The number of benzene rings is 2. The maximum atomic E-state index is 13.3. The van der Waals surface area contributed by atoms with Gasteiger partial charge in [0.1, 0.15) is 11.6 Å². The second-order valence-electron chi connectivity index (χ2n) is 6.52. The van der Waals surface area contributed by atoms with Crippen LogP contribution in [0.1, 0.15) is 12.8 Å². The van der Waals surface area contributed by atoms with Crippen LogP contribution in [0.25, 0.3) is 22.6 Å². The van der Waals surface area contributed by atoms with Crippen molar-refractivity contribution in [3.8, 4) is 22.6 Å². The predicted octanol–water partition coefficient (Wildman–Crippen LogP) is 4.11. The van der Waals surface area contributed by atoms with Crippen LogP contribution in [-0.2, 0) is 0 Å². The second kappa shape index (κ2) is 7.62. The summed E-state index contributed by atoms with van der Waals surface area (Å²) in [5.74, 6) is 1.13. The van der Waals surface area contributed by atoms with E-state index in [0.29, 0.717) is 11.9 Å². The summed E-state index contributed by atoms with van der Waals surface area (Å²) in [4.78, 5) is 9.39. The molecule has 0 radical (unpaired) electrons. The molecule has 132 valence electrons. The lowest BCUT2D eigenvalue weighted by Gasteiger charge is -2.24. The van der Waals surface area contributed by atoms with Crippen molar-refractivity contribution < 1.29 is 4.39 Å². The van der Waals surface area contributed by atoms with E-state index in [0.717, 1.165) is 48.6 Å². The van der Waals surface area contributed by atoms with E-state index in [4.69, 9.17) is 4.98 Å². The minimum atomic E-state index is -0.264. The van der Waals surface area contributed by atoms with Crippen molar-refractivity contribution in [1.82, 2.24) is 15.3 Å². The van der Waals surface area contributed by atoms with Crippen molar-refractivity contribution >= 4 is 5.82 Å². The Kier molecular flexibility index (Phi) is 4.88. The second-order valence-corrected chi connectivity index (χ2v) is 6.52. The van der Waals surface area contributed by atoms with Gasteiger partial charge in [-0.3, -0.25) is 0 Å². The molecule has 1 saturated heterocycles. The maximum Gasteiger partial charge on any atom is 0.162 e. The first-order chi connectivity index (χ1) is 12.8. The molecule has 26 heavy (non-hydrogen) atoms. The molecule has 5 heteroatoms. The summed E-state index contributed by atoms with van der Waals surface area (Å²) in [5, 5.41) is 6.93. The molecule has 2 heterocycles. The Bertz CT molecular complexity index is 859. The van der Waals surface area contributed by atoms with E-state index < -0.39 is 0 Å². The zero-order valence-corrected chi connectivity index (χ0v) is 14.5. The van der Waals surface area contributed by atoms with Gasteiger partial charge in [-0.25, -0.2) is 14.4 Å². The lowest BCUT2D eigenvalue weighted by atomic mass is 10.1. The quantitative estimate of drug-likeness (QED) is 0.745. The number of anilines is 1. The molecule has 1 unspecified atom stereocenters. The highest BCUT2D eigenvalue weighted by atomic mass is 19.1. The average molecular weight is 348 g/mol. The van der Waals surface area contributed by atoms with Crippen molar-refractivity contribution in [2.75, 3.05) is 18.4 Å². The van der Waals surface area contributed by atoms with Gasteiger partial charge in [-0.15, -0.1) is 0 Å². The van der Waals surface area contributed by atoms with Crippen LogP contribution in [0.5, 0.6) is 0 Å². The van der Waals surface area contributed by atoms with E-state index in [2.05, 4.69) is 15.6 Å². The third-order valence-electron chi connectivity index (χ3n) is 4.55. The maximum absolute atomic E-state index is 13.3. The van der Waals surface area contributed by atoms with Crippen LogP contribution in [0.2, 0.25) is 0 Å². The molecule has 0 bridgehead atoms. The average Bonchev–Trinajstić information content (AvgIpc) is 2.70.